The molecule has 2 heterocycles. The summed E-state index contributed by atoms with van der Waals surface area (Å²) in [6.07, 6.45) is 1.97. The lowest BCUT2D eigenvalue weighted by molar-refractivity contribution is 1.15. The van der Waals surface area contributed by atoms with Crippen LogP contribution in [0.15, 0.2) is 48.7 Å². The first-order valence-corrected chi connectivity index (χ1v) is 7.04. The molecule has 0 amide bonds. The number of nitrogens with one attached hydrogen (secondary N) is 3. The zero-order valence-electron chi connectivity index (χ0n) is 11.8. The van der Waals surface area contributed by atoms with Crippen LogP contribution in [-0.4, -0.2) is 15.0 Å². The fraction of sp³-hybridized carbons (Fsp3) is 0.118. The van der Waals surface area contributed by atoms with Crippen molar-refractivity contribution in [3.63, 3.8) is 0 Å². The monoisotopic (exact) mass is 276 g/mol. The second kappa shape index (κ2) is 4.66. The van der Waals surface area contributed by atoms with E-state index < -0.39 is 0 Å². The summed E-state index contributed by atoms with van der Waals surface area (Å²) in [4.78, 5) is 10.9. The molecule has 2 aromatic carbocycles. The molecule has 0 fully saturated rings. The highest BCUT2D eigenvalue weighted by Crippen LogP contribution is 2.19. The van der Waals surface area contributed by atoms with Crippen molar-refractivity contribution in [1.29, 1.82) is 0 Å². The summed E-state index contributed by atoms with van der Waals surface area (Å²) in [7, 11) is 0. The molecule has 0 unspecified atom stereocenters. The summed E-state index contributed by atoms with van der Waals surface area (Å²) in [5.74, 6) is 0.944. The average Bonchev–Trinajstić information content (AvgIpc) is 3.08. The number of hydrogen-bond donors (Lipinski definition) is 3. The molecule has 0 aliphatic carbocycles. The van der Waals surface area contributed by atoms with E-state index in [1.807, 2.05) is 19.2 Å². The van der Waals surface area contributed by atoms with Crippen molar-refractivity contribution in [2.24, 2.45) is 0 Å². The molecule has 0 aliphatic rings. The van der Waals surface area contributed by atoms with Crippen LogP contribution in [-0.2, 0) is 6.54 Å². The number of aryl methyl sites for hydroxylation is 1. The van der Waals surface area contributed by atoms with Crippen LogP contribution in [0.1, 0.15) is 11.4 Å². The third-order valence-corrected chi connectivity index (χ3v) is 3.72. The molecule has 0 saturated carbocycles. The van der Waals surface area contributed by atoms with E-state index in [1.54, 1.807) is 0 Å². The number of benzene rings is 2. The molecule has 4 nitrogen and oxygen atoms in total. The van der Waals surface area contributed by atoms with Gasteiger partial charge in [-0.3, -0.25) is 0 Å². The molecule has 0 atom stereocenters. The first-order valence-electron chi connectivity index (χ1n) is 7.04. The van der Waals surface area contributed by atoms with Crippen LogP contribution < -0.4 is 5.32 Å². The number of anilines is 1. The molecule has 4 aromatic rings. The highest BCUT2D eigenvalue weighted by Gasteiger charge is 2.01. The van der Waals surface area contributed by atoms with Gasteiger partial charge >= 0.3 is 0 Å². The Bertz CT molecular complexity index is 917. The normalized spacial score (nSPS) is 11.3. The molecule has 4 heteroatoms. The maximum atomic E-state index is 4.41. The number of nitrogens with zero attached hydrogens (tertiary/aromatic N) is 1. The Balaban J connectivity index is 1.56. The van der Waals surface area contributed by atoms with Crippen LogP contribution in [0.3, 0.4) is 0 Å². The number of H-pyrrole nitrogens is 2. The van der Waals surface area contributed by atoms with Crippen molar-refractivity contribution in [3.8, 4) is 0 Å². The van der Waals surface area contributed by atoms with Crippen molar-refractivity contribution < 1.29 is 0 Å². The van der Waals surface area contributed by atoms with Gasteiger partial charge in [0, 0.05) is 23.9 Å². The van der Waals surface area contributed by atoms with Gasteiger partial charge in [0.1, 0.15) is 5.82 Å². The lowest BCUT2D eigenvalue weighted by Gasteiger charge is -2.07. The van der Waals surface area contributed by atoms with E-state index in [2.05, 4.69) is 56.7 Å². The summed E-state index contributed by atoms with van der Waals surface area (Å²) in [5.41, 5.74) is 5.60. The smallest absolute Gasteiger partial charge is 0.104 e. The molecule has 0 bridgehead atoms. The number of aromatic amines is 2. The third-order valence-electron chi connectivity index (χ3n) is 3.72. The van der Waals surface area contributed by atoms with Crippen LogP contribution in [0.25, 0.3) is 21.9 Å². The summed E-state index contributed by atoms with van der Waals surface area (Å²) < 4.78 is 0. The number of fused-ring (bicyclic) bond motifs is 2. The van der Waals surface area contributed by atoms with Crippen molar-refractivity contribution in [1.82, 2.24) is 15.0 Å². The first-order chi connectivity index (χ1) is 10.3. The number of rotatable bonds is 3. The predicted molar refractivity (Wildman–Crippen MR) is 86.5 cm³/mol. The standard InChI is InChI=1S/C17H16N4/c1-11-20-15-5-4-14(9-17(15)21-11)19-10-12-2-3-13-6-7-18-16(13)8-12/h2-9,18-19H,10H2,1H3,(H,20,21). The molecule has 104 valence electrons. The fourth-order valence-corrected chi connectivity index (χ4v) is 2.66. The minimum Gasteiger partial charge on any atom is -0.381 e. The minimum absolute atomic E-state index is 0.799. The molecule has 0 aliphatic heterocycles. The minimum atomic E-state index is 0.799. The van der Waals surface area contributed by atoms with Gasteiger partial charge in [0.25, 0.3) is 0 Å². The van der Waals surface area contributed by atoms with Crippen molar-refractivity contribution in [2.75, 3.05) is 5.32 Å². The van der Waals surface area contributed by atoms with Gasteiger partial charge in [-0.25, -0.2) is 4.98 Å². The average molecular weight is 276 g/mol. The van der Waals surface area contributed by atoms with Crippen molar-refractivity contribution in [3.05, 3.63) is 60.0 Å². The van der Waals surface area contributed by atoms with Crippen LogP contribution >= 0.6 is 0 Å². The Morgan fingerprint density at radius 1 is 1.05 bits per heavy atom. The number of imidazole rings is 1. The maximum Gasteiger partial charge on any atom is 0.104 e. The van der Waals surface area contributed by atoms with E-state index in [4.69, 9.17) is 0 Å². The van der Waals surface area contributed by atoms with Gasteiger partial charge in [0.2, 0.25) is 0 Å². The van der Waals surface area contributed by atoms with Crippen molar-refractivity contribution in [2.45, 2.75) is 13.5 Å². The van der Waals surface area contributed by atoms with Crippen LogP contribution in [0.4, 0.5) is 5.69 Å². The lowest BCUT2D eigenvalue weighted by Crippen LogP contribution is -1.99. The number of hydrogen-bond acceptors (Lipinski definition) is 2. The lowest BCUT2D eigenvalue weighted by atomic mass is 10.1. The zero-order valence-corrected chi connectivity index (χ0v) is 11.8. The van der Waals surface area contributed by atoms with Crippen LogP contribution in [0, 0.1) is 6.92 Å². The molecule has 0 radical (unpaired) electrons. The van der Waals surface area contributed by atoms with Gasteiger partial charge in [0.05, 0.1) is 11.0 Å². The molecule has 3 N–H and O–H groups in total. The Kier molecular flexibility index (Phi) is 2.67. The van der Waals surface area contributed by atoms with Gasteiger partial charge in [-0.05, 0) is 48.2 Å². The molecule has 21 heavy (non-hydrogen) atoms. The van der Waals surface area contributed by atoms with E-state index in [0.29, 0.717) is 0 Å². The second-order valence-electron chi connectivity index (χ2n) is 5.31. The number of aromatic nitrogens is 3. The molecule has 4 rings (SSSR count). The van der Waals surface area contributed by atoms with Gasteiger partial charge in [-0.15, -0.1) is 0 Å². The fourth-order valence-electron chi connectivity index (χ4n) is 2.66. The van der Waals surface area contributed by atoms with Gasteiger partial charge < -0.3 is 15.3 Å². The first kappa shape index (κ1) is 12.0. The van der Waals surface area contributed by atoms with E-state index in [-0.39, 0.29) is 0 Å². The van der Waals surface area contributed by atoms with E-state index in [1.165, 1.54) is 16.5 Å². The highest BCUT2D eigenvalue weighted by atomic mass is 14.9. The largest absolute Gasteiger partial charge is 0.381 e. The van der Waals surface area contributed by atoms with Crippen LogP contribution in [0.2, 0.25) is 0 Å². The quantitative estimate of drug-likeness (QED) is 0.530. The molecule has 2 aromatic heterocycles. The van der Waals surface area contributed by atoms with Gasteiger partial charge in [-0.2, -0.15) is 0 Å². The van der Waals surface area contributed by atoms with Crippen molar-refractivity contribution >= 4 is 27.6 Å². The second-order valence-corrected chi connectivity index (χ2v) is 5.31. The molecule has 0 saturated heterocycles. The Morgan fingerprint density at radius 2 is 2.00 bits per heavy atom. The van der Waals surface area contributed by atoms with E-state index in [0.717, 1.165) is 29.1 Å². The third kappa shape index (κ3) is 2.25. The van der Waals surface area contributed by atoms with Gasteiger partial charge in [0.15, 0.2) is 0 Å². The van der Waals surface area contributed by atoms with E-state index >= 15 is 0 Å². The topological polar surface area (TPSA) is 56.5 Å². The Hall–Kier alpha value is -2.75. The SMILES string of the molecule is Cc1nc2ccc(NCc3ccc4cc[nH]c4c3)cc2[nH]1. The highest BCUT2D eigenvalue weighted by molar-refractivity contribution is 5.80. The summed E-state index contributed by atoms with van der Waals surface area (Å²) in [6, 6.07) is 14.8. The Morgan fingerprint density at radius 3 is 2.95 bits per heavy atom. The van der Waals surface area contributed by atoms with Gasteiger partial charge in [-0.1, -0.05) is 12.1 Å². The predicted octanol–water partition coefficient (Wildman–Crippen LogP) is 3.96. The van der Waals surface area contributed by atoms with E-state index in [9.17, 15) is 0 Å². The summed E-state index contributed by atoms with van der Waals surface area (Å²) in [6.45, 7) is 2.77. The molecule has 0 spiro atoms. The Labute approximate surface area is 122 Å². The maximum absolute atomic E-state index is 4.41. The molecular weight excluding hydrogens is 260 g/mol. The summed E-state index contributed by atoms with van der Waals surface area (Å²) in [5, 5.41) is 4.70. The van der Waals surface area contributed by atoms with Crippen LogP contribution in [0.5, 0.6) is 0 Å². The zero-order chi connectivity index (χ0) is 14.2. The molecular formula is C17H16N4. The summed E-state index contributed by atoms with van der Waals surface area (Å²) >= 11 is 0.